The van der Waals surface area contributed by atoms with Gasteiger partial charge in [-0.1, -0.05) is 13.8 Å². The number of amides is 1. The Morgan fingerprint density at radius 3 is 2.73 bits per heavy atom. The molecule has 0 spiro atoms. The van der Waals surface area contributed by atoms with Gasteiger partial charge in [0.15, 0.2) is 0 Å². The lowest BCUT2D eigenvalue weighted by molar-refractivity contribution is -0.150. The number of rotatable bonds is 7. The molecule has 1 N–H and O–H groups in total. The molecule has 4 atom stereocenters. The van der Waals surface area contributed by atoms with Gasteiger partial charge in [0, 0.05) is 10.1 Å². The summed E-state index contributed by atoms with van der Waals surface area (Å²) < 4.78 is 41.1. The number of anilines is 1. The summed E-state index contributed by atoms with van der Waals surface area (Å²) in [5.41, 5.74) is 0.401. The maximum Gasteiger partial charge on any atom is 0.313 e. The van der Waals surface area contributed by atoms with Gasteiger partial charge in [0.2, 0.25) is 5.91 Å². The van der Waals surface area contributed by atoms with E-state index < -0.39 is 22.0 Å². The highest BCUT2D eigenvalue weighted by Gasteiger charge is 2.56. The quantitative estimate of drug-likeness (QED) is 0.385. The van der Waals surface area contributed by atoms with Crippen LogP contribution in [-0.4, -0.2) is 62.9 Å². The van der Waals surface area contributed by atoms with Crippen LogP contribution in [0.15, 0.2) is 27.5 Å². The molecule has 2 bridgehead atoms. The molecular weight excluding hydrogens is 561 g/mol. The fraction of sp³-hybridized carbons (Fsp3) is 0.591. The summed E-state index contributed by atoms with van der Waals surface area (Å²) in [6, 6.07) is 4.57. The zero-order valence-electron chi connectivity index (χ0n) is 18.8. The monoisotopic (exact) mass is 589 g/mol. The topological polar surface area (TPSA) is 114 Å². The minimum atomic E-state index is -3.92. The molecule has 0 radical (unpaired) electrons. The van der Waals surface area contributed by atoms with E-state index in [0.717, 1.165) is 22.8 Å². The first-order chi connectivity index (χ1) is 15.6. The van der Waals surface area contributed by atoms with Gasteiger partial charge in [0.25, 0.3) is 10.0 Å². The van der Waals surface area contributed by atoms with Crippen LogP contribution in [0.5, 0.6) is 0 Å². The van der Waals surface area contributed by atoms with Crippen molar-refractivity contribution >= 4 is 56.0 Å². The Morgan fingerprint density at radius 2 is 2.03 bits per heavy atom. The highest BCUT2D eigenvalue weighted by Crippen LogP contribution is 2.43. The number of amidine groups is 1. The van der Waals surface area contributed by atoms with Crippen LogP contribution < -0.4 is 5.32 Å². The van der Waals surface area contributed by atoms with Crippen LogP contribution in [0.25, 0.3) is 0 Å². The van der Waals surface area contributed by atoms with Crippen LogP contribution in [-0.2, 0) is 29.1 Å². The Balaban J connectivity index is 1.60. The highest BCUT2D eigenvalue weighted by atomic mass is 127. The fourth-order valence-corrected chi connectivity index (χ4v) is 6.70. The van der Waals surface area contributed by atoms with Crippen molar-refractivity contribution in [3.63, 3.8) is 0 Å². The van der Waals surface area contributed by atoms with Crippen LogP contribution in [0.3, 0.4) is 0 Å². The lowest BCUT2D eigenvalue weighted by Gasteiger charge is -2.37. The third-order valence-corrected chi connectivity index (χ3v) is 8.41. The van der Waals surface area contributed by atoms with Gasteiger partial charge in [-0.3, -0.25) is 9.59 Å². The lowest BCUT2D eigenvalue weighted by Crippen LogP contribution is -2.53. The molecule has 2 fully saturated rings. The van der Waals surface area contributed by atoms with E-state index >= 15 is 0 Å². The summed E-state index contributed by atoms with van der Waals surface area (Å²) in [7, 11) is -2.57. The summed E-state index contributed by atoms with van der Waals surface area (Å²) in [5, 5.41) is 3.00. The molecule has 0 aliphatic carbocycles. The van der Waals surface area contributed by atoms with Crippen molar-refractivity contribution in [2.24, 2.45) is 16.2 Å². The van der Waals surface area contributed by atoms with Crippen LogP contribution in [0.4, 0.5) is 5.69 Å². The van der Waals surface area contributed by atoms with Crippen molar-refractivity contribution in [1.82, 2.24) is 4.90 Å². The van der Waals surface area contributed by atoms with Gasteiger partial charge in [-0.15, -0.1) is 4.40 Å². The number of nitrogens with zero attached hydrogens (tertiary/aromatic N) is 2. The molecule has 9 nitrogen and oxygen atoms in total. The van der Waals surface area contributed by atoms with E-state index in [1.54, 1.807) is 23.1 Å². The predicted octanol–water partition coefficient (Wildman–Crippen LogP) is 2.79. The molecule has 4 unspecified atom stereocenters. The minimum Gasteiger partial charge on any atom is -0.469 e. The van der Waals surface area contributed by atoms with Gasteiger partial charge < -0.3 is 19.7 Å². The number of hydrogen-bond acceptors (Lipinski definition) is 7. The molecule has 1 aromatic carbocycles. The first-order valence-electron chi connectivity index (χ1n) is 11.0. The van der Waals surface area contributed by atoms with E-state index in [0.29, 0.717) is 18.2 Å². The van der Waals surface area contributed by atoms with Crippen molar-refractivity contribution in [3.05, 3.63) is 21.8 Å². The molecule has 3 aliphatic heterocycles. The van der Waals surface area contributed by atoms with Crippen molar-refractivity contribution in [2.45, 2.75) is 62.7 Å². The largest absolute Gasteiger partial charge is 0.469 e. The van der Waals surface area contributed by atoms with Gasteiger partial charge in [-0.05, 0) is 66.0 Å². The predicted molar refractivity (Wildman–Crippen MR) is 130 cm³/mol. The van der Waals surface area contributed by atoms with Crippen molar-refractivity contribution < 1.29 is 27.5 Å². The Morgan fingerprint density at radius 1 is 1.30 bits per heavy atom. The number of methoxy groups -OCH3 is 1. The summed E-state index contributed by atoms with van der Waals surface area (Å²) in [5.74, 6) is -0.800. The van der Waals surface area contributed by atoms with Gasteiger partial charge in [-0.2, -0.15) is 8.42 Å². The van der Waals surface area contributed by atoms with Crippen molar-refractivity contribution in [3.8, 4) is 0 Å². The lowest BCUT2D eigenvalue weighted by atomic mass is 9.83. The number of hydrogen-bond donors (Lipinski definition) is 1. The standard InChI is InChI=1S/C22H28IN3O6S/c1-12(2)8-9-26(21-16-7-6-15(32-16)20(21)22(28)31-3)19(27)11-18-24-14-5-4-13(23)10-17(14)33(29,30)25-18/h4-5,10,12,15-16,20-21H,6-9,11H2,1-3H3,(H,24,25). The third kappa shape index (κ3) is 4.90. The second-order valence-electron chi connectivity index (χ2n) is 9.05. The molecule has 33 heavy (non-hydrogen) atoms. The second kappa shape index (κ2) is 9.49. The molecule has 0 aromatic heterocycles. The second-order valence-corrected chi connectivity index (χ2v) is 11.9. The molecule has 3 aliphatic rings. The molecule has 180 valence electrons. The Hall–Kier alpha value is -1.73. The average molecular weight is 589 g/mol. The van der Waals surface area contributed by atoms with Gasteiger partial charge in [0.1, 0.15) is 16.6 Å². The number of fused-ring (bicyclic) bond motifs is 3. The van der Waals surface area contributed by atoms with Crippen molar-refractivity contribution in [1.29, 1.82) is 0 Å². The number of esters is 1. The van der Waals surface area contributed by atoms with Crippen molar-refractivity contribution in [2.75, 3.05) is 19.0 Å². The Bertz CT molecular complexity index is 1090. The normalized spacial score (nSPS) is 27.0. The summed E-state index contributed by atoms with van der Waals surface area (Å²) in [6.07, 6.45) is 1.56. The molecular formula is C22H28IN3O6S. The number of carbonyl (C=O) groups is 2. The first-order valence-corrected chi connectivity index (χ1v) is 13.6. The fourth-order valence-electron chi connectivity index (χ4n) is 4.82. The molecule has 1 amide bonds. The SMILES string of the molecule is COC(=O)C1C2CCC(O2)C1N(CCC(C)C)C(=O)CC1=NS(=O)(=O)c2cc(I)ccc2N1. The molecule has 0 saturated carbocycles. The molecule has 11 heteroatoms. The smallest absolute Gasteiger partial charge is 0.313 e. The van der Waals surface area contributed by atoms with Crippen LogP contribution >= 0.6 is 22.6 Å². The number of ether oxygens (including phenoxy) is 2. The molecule has 1 aromatic rings. The highest BCUT2D eigenvalue weighted by molar-refractivity contribution is 14.1. The molecule has 3 heterocycles. The molecule has 2 saturated heterocycles. The summed E-state index contributed by atoms with van der Waals surface area (Å²) in [4.78, 5) is 27.9. The van der Waals surface area contributed by atoms with Crippen LogP contribution in [0.2, 0.25) is 0 Å². The van der Waals surface area contributed by atoms with Gasteiger partial charge >= 0.3 is 5.97 Å². The average Bonchev–Trinajstić information content (AvgIpc) is 3.35. The maximum atomic E-state index is 13.5. The zero-order chi connectivity index (χ0) is 23.9. The zero-order valence-corrected chi connectivity index (χ0v) is 21.8. The van der Waals surface area contributed by atoms with Gasteiger partial charge in [-0.25, -0.2) is 0 Å². The van der Waals surface area contributed by atoms with E-state index in [-0.39, 0.29) is 41.2 Å². The summed E-state index contributed by atoms with van der Waals surface area (Å²) in [6.45, 7) is 4.57. The van der Waals surface area contributed by atoms with E-state index in [1.807, 2.05) is 22.6 Å². The van der Waals surface area contributed by atoms with Crippen LogP contribution in [0.1, 0.15) is 39.5 Å². The Labute approximate surface area is 207 Å². The number of sulfonamides is 1. The van der Waals surface area contributed by atoms with E-state index in [4.69, 9.17) is 9.47 Å². The Kier molecular flexibility index (Phi) is 7.02. The van der Waals surface area contributed by atoms with Crippen LogP contribution in [0, 0.1) is 15.4 Å². The number of nitrogens with one attached hydrogen (secondary N) is 1. The number of carbonyl (C=O) groups excluding carboxylic acids is 2. The molecule has 4 rings (SSSR count). The maximum absolute atomic E-state index is 13.5. The van der Waals surface area contributed by atoms with Gasteiger partial charge in [0.05, 0.1) is 37.5 Å². The first kappa shape index (κ1) is 24.4. The van der Waals surface area contributed by atoms with E-state index in [9.17, 15) is 18.0 Å². The summed E-state index contributed by atoms with van der Waals surface area (Å²) >= 11 is 2.04. The van der Waals surface area contributed by atoms with E-state index in [2.05, 4.69) is 23.6 Å². The number of halogens is 1. The minimum absolute atomic E-state index is 0.0712. The number of benzene rings is 1. The third-order valence-electron chi connectivity index (χ3n) is 6.39. The van der Waals surface area contributed by atoms with E-state index in [1.165, 1.54) is 7.11 Å².